The summed E-state index contributed by atoms with van der Waals surface area (Å²) in [6.07, 6.45) is 0.382. The number of ether oxygens (including phenoxy) is 2. The maximum Gasteiger partial charge on any atom is 0.348 e. The van der Waals surface area contributed by atoms with Gasteiger partial charge in [0.15, 0.2) is 6.61 Å². The van der Waals surface area contributed by atoms with Gasteiger partial charge in [0, 0.05) is 13.0 Å². The number of benzene rings is 1. The minimum atomic E-state index is -0.715. The lowest BCUT2D eigenvalue weighted by Crippen LogP contribution is -2.50. The molecule has 1 aromatic carbocycles. The highest BCUT2D eigenvalue weighted by atomic mass is 32.1. The molecule has 0 spiro atoms. The van der Waals surface area contributed by atoms with E-state index in [0.717, 1.165) is 11.1 Å². The Morgan fingerprint density at radius 1 is 1.16 bits per heavy atom. The van der Waals surface area contributed by atoms with Crippen molar-refractivity contribution in [3.05, 3.63) is 57.8 Å². The number of carbonyl (C=O) groups is 3. The second-order valence-corrected chi connectivity index (χ2v) is 6.53. The highest BCUT2D eigenvalue weighted by Crippen LogP contribution is 2.24. The number of amides is 1. The van der Waals surface area contributed by atoms with E-state index in [1.165, 1.54) is 23.3 Å². The Kier molecular flexibility index (Phi) is 5.14. The third-order valence-corrected chi connectivity index (χ3v) is 4.94. The van der Waals surface area contributed by atoms with Crippen molar-refractivity contribution in [1.29, 1.82) is 0 Å². The summed E-state index contributed by atoms with van der Waals surface area (Å²) in [7, 11) is 1.29. The largest absolute Gasteiger partial charge is 0.467 e. The number of rotatable bonds is 4. The number of nitrogens with zero attached hydrogens (tertiary/aromatic N) is 1. The summed E-state index contributed by atoms with van der Waals surface area (Å²) >= 11 is 1.24. The van der Waals surface area contributed by atoms with Crippen molar-refractivity contribution < 1.29 is 23.9 Å². The molecule has 25 heavy (non-hydrogen) atoms. The topological polar surface area (TPSA) is 72.9 Å². The van der Waals surface area contributed by atoms with Gasteiger partial charge in [0.1, 0.15) is 10.9 Å². The van der Waals surface area contributed by atoms with Gasteiger partial charge in [0.2, 0.25) is 0 Å². The van der Waals surface area contributed by atoms with Crippen molar-refractivity contribution in [2.75, 3.05) is 13.7 Å². The maximum atomic E-state index is 12.6. The van der Waals surface area contributed by atoms with Gasteiger partial charge in [-0.1, -0.05) is 30.3 Å². The van der Waals surface area contributed by atoms with Crippen LogP contribution in [0.1, 0.15) is 20.8 Å². The lowest BCUT2D eigenvalue weighted by atomic mass is 9.94. The molecule has 7 heteroatoms. The normalized spacial score (nSPS) is 16.0. The van der Waals surface area contributed by atoms with Crippen LogP contribution in [0.15, 0.2) is 41.8 Å². The Morgan fingerprint density at radius 2 is 1.92 bits per heavy atom. The van der Waals surface area contributed by atoms with Crippen LogP contribution >= 0.6 is 11.3 Å². The van der Waals surface area contributed by atoms with Crippen LogP contribution in [0.2, 0.25) is 0 Å². The molecule has 3 rings (SSSR count). The molecule has 0 aliphatic carbocycles. The number of esters is 2. The van der Waals surface area contributed by atoms with E-state index >= 15 is 0 Å². The van der Waals surface area contributed by atoms with Crippen molar-refractivity contribution in [2.45, 2.75) is 19.0 Å². The molecule has 0 N–H and O–H groups in total. The van der Waals surface area contributed by atoms with E-state index in [1.54, 1.807) is 17.5 Å². The Hall–Kier alpha value is -2.67. The first-order chi connectivity index (χ1) is 12.1. The van der Waals surface area contributed by atoms with Gasteiger partial charge < -0.3 is 14.4 Å². The zero-order chi connectivity index (χ0) is 17.8. The summed E-state index contributed by atoms with van der Waals surface area (Å²) in [5.41, 5.74) is 1.98. The summed E-state index contributed by atoms with van der Waals surface area (Å²) in [6, 6.07) is 10.3. The zero-order valence-electron chi connectivity index (χ0n) is 13.6. The number of hydrogen-bond donors (Lipinski definition) is 0. The Bertz CT molecular complexity index is 787. The predicted molar refractivity (Wildman–Crippen MR) is 91.1 cm³/mol. The molecule has 0 radical (unpaired) electrons. The van der Waals surface area contributed by atoms with Gasteiger partial charge in [-0.25, -0.2) is 9.59 Å². The number of thiophene rings is 1. The van der Waals surface area contributed by atoms with E-state index < -0.39 is 30.5 Å². The molecule has 2 heterocycles. The van der Waals surface area contributed by atoms with E-state index in [-0.39, 0.29) is 6.54 Å². The predicted octanol–water partition coefficient (Wildman–Crippen LogP) is 2.03. The minimum absolute atomic E-state index is 0.283. The van der Waals surface area contributed by atoms with Crippen LogP contribution in [-0.4, -0.2) is 42.5 Å². The summed E-state index contributed by atoms with van der Waals surface area (Å²) in [5.74, 6) is -1.45. The molecule has 6 nitrogen and oxygen atoms in total. The van der Waals surface area contributed by atoms with Crippen molar-refractivity contribution in [3.63, 3.8) is 0 Å². The smallest absolute Gasteiger partial charge is 0.348 e. The van der Waals surface area contributed by atoms with Crippen LogP contribution in [0.4, 0.5) is 0 Å². The molecule has 130 valence electrons. The molecule has 1 aliphatic heterocycles. The van der Waals surface area contributed by atoms with Crippen molar-refractivity contribution in [2.24, 2.45) is 0 Å². The summed E-state index contributed by atoms with van der Waals surface area (Å²) in [5, 5.41) is 1.76. The van der Waals surface area contributed by atoms with Gasteiger partial charge in [0.05, 0.1) is 7.11 Å². The first-order valence-corrected chi connectivity index (χ1v) is 8.63. The van der Waals surface area contributed by atoms with Crippen LogP contribution < -0.4 is 0 Å². The maximum absolute atomic E-state index is 12.6. The van der Waals surface area contributed by atoms with Gasteiger partial charge in [-0.05, 0) is 22.6 Å². The van der Waals surface area contributed by atoms with E-state index in [0.29, 0.717) is 11.3 Å². The van der Waals surface area contributed by atoms with E-state index in [1.807, 2.05) is 24.3 Å². The SMILES string of the molecule is COC(=O)[C@@H]1Cc2ccccc2CN1C(=O)COC(=O)c1cccs1. The van der Waals surface area contributed by atoms with Crippen molar-refractivity contribution >= 4 is 29.2 Å². The van der Waals surface area contributed by atoms with E-state index in [2.05, 4.69) is 0 Å². The van der Waals surface area contributed by atoms with Gasteiger partial charge >= 0.3 is 11.9 Å². The Labute approximate surface area is 149 Å². The molecule has 0 bridgehead atoms. The van der Waals surface area contributed by atoms with Crippen molar-refractivity contribution in [3.8, 4) is 0 Å². The van der Waals surface area contributed by atoms with Gasteiger partial charge in [0.25, 0.3) is 5.91 Å². The van der Waals surface area contributed by atoms with Crippen LogP contribution in [0.3, 0.4) is 0 Å². The number of methoxy groups -OCH3 is 1. The molecule has 1 aromatic heterocycles. The molecular weight excluding hydrogens is 342 g/mol. The Balaban J connectivity index is 1.72. The number of hydrogen-bond acceptors (Lipinski definition) is 6. The summed E-state index contributed by atoms with van der Waals surface area (Å²) < 4.78 is 9.91. The lowest BCUT2D eigenvalue weighted by Gasteiger charge is -2.35. The van der Waals surface area contributed by atoms with E-state index in [4.69, 9.17) is 9.47 Å². The van der Waals surface area contributed by atoms with E-state index in [9.17, 15) is 14.4 Å². The second-order valence-electron chi connectivity index (χ2n) is 5.59. The first-order valence-electron chi connectivity index (χ1n) is 7.75. The van der Waals surface area contributed by atoms with Gasteiger partial charge in [-0.2, -0.15) is 0 Å². The first kappa shape index (κ1) is 17.2. The molecule has 1 aliphatic rings. The molecule has 0 fully saturated rings. The fourth-order valence-electron chi connectivity index (χ4n) is 2.81. The molecule has 1 atom stereocenters. The molecule has 2 aromatic rings. The third kappa shape index (κ3) is 3.71. The number of carbonyl (C=O) groups excluding carboxylic acids is 3. The minimum Gasteiger partial charge on any atom is -0.467 e. The van der Waals surface area contributed by atoms with Gasteiger partial charge in [-0.15, -0.1) is 11.3 Å². The number of fused-ring (bicyclic) bond motifs is 1. The standard InChI is InChI=1S/C18H17NO5S/c1-23-17(21)14-9-12-5-2-3-6-13(12)10-19(14)16(20)11-24-18(22)15-7-4-8-25-15/h2-8,14H,9-11H2,1H3/t14-/m0/s1. The highest BCUT2D eigenvalue weighted by Gasteiger charge is 2.35. The molecule has 1 amide bonds. The highest BCUT2D eigenvalue weighted by molar-refractivity contribution is 7.11. The summed E-state index contributed by atoms with van der Waals surface area (Å²) in [6.45, 7) is -0.127. The fourth-order valence-corrected chi connectivity index (χ4v) is 3.42. The van der Waals surface area contributed by atoms with Crippen molar-refractivity contribution in [1.82, 2.24) is 4.90 Å². The fraction of sp³-hybridized carbons (Fsp3) is 0.278. The zero-order valence-corrected chi connectivity index (χ0v) is 14.5. The van der Waals surface area contributed by atoms with Crippen LogP contribution in [0.25, 0.3) is 0 Å². The monoisotopic (exact) mass is 359 g/mol. The lowest BCUT2D eigenvalue weighted by molar-refractivity contribution is -0.155. The average molecular weight is 359 g/mol. The van der Waals surface area contributed by atoms with Crippen LogP contribution in [0.5, 0.6) is 0 Å². The van der Waals surface area contributed by atoms with Crippen LogP contribution in [-0.2, 0) is 32.0 Å². The molecule has 0 saturated heterocycles. The van der Waals surface area contributed by atoms with Gasteiger partial charge in [-0.3, -0.25) is 4.79 Å². The molecular formula is C18H17NO5S. The summed E-state index contributed by atoms with van der Waals surface area (Å²) in [4.78, 5) is 38.4. The molecule has 0 unspecified atom stereocenters. The Morgan fingerprint density at radius 3 is 2.60 bits per heavy atom. The molecule has 0 saturated carbocycles. The average Bonchev–Trinajstić information content (AvgIpc) is 3.19. The third-order valence-electron chi connectivity index (χ3n) is 4.09. The second kappa shape index (κ2) is 7.48. The quantitative estimate of drug-likeness (QED) is 0.781. The van der Waals surface area contributed by atoms with Crippen LogP contribution in [0, 0.1) is 0 Å².